The largest absolute Gasteiger partial charge is 0.382 e. The van der Waals surface area contributed by atoms with Crippen LogP contribution < -0.4 is 16.0 Å². The maximum Gasteiger partial charge on any atom is 0.179 e. The van der Waals surface area contributed by atoms with Crippen molar-refractivity contribution in [3.63, 3.8) is 0 Å². The number of nitrogens with zero attached hydrogens (tertiary/aromatic N) is 5. The summed E-state index contributed by atoms with van der Waals surface area (Å²) in [5.41, 5.74) is 7.24. The van der Waals surface area contributed by atoms with Crippen LogP contribution in [0.3, 0.4) is 0 Å². The molecule has 3 aromatic rings. The molecular formula is C21H24ClN7S. The summed E-state index contributed by atoms with van der Waals surface area (Å²) in [7, 11) is 2.06. The lowest BCUT2D eigenvalue weighted by atomic mass is 9.95. The van der Waals surface area contributed by atoms with Gasteiger partial charge in [0, 0.05) is 29.2 Å². The topological polar surface area (TPSA) is 92.8 Å². The summed E-state index contributed by atoms with van der Waals surface area (Å²) in [6.07, 6.45) is 7.03. The Kier molecular flexibility index (Phi) is 5.16. The second-order valence-corrected chi connectivity index (χ2v) is 9.57. The number of aromatic nitrogens is 4. The molecule has 0 aliphatic carbocycles. The maximum absolute atomic E-state index is 6.26. The van der Waals surface area contributed by atoms with Crippen LogP contribution in [0.4, 0.5) is 11.6 Å². The van der Waals surface area contributed by atoms with E-state index in [0.717, 1.165) is 34.1 Å². The number of nitrogen functional groups attached to an aromatic ring is 1. The number of piperidine rings is 1. The van der Waals surface area contributed by atoms with Crippen LogP contribution in [0.1, 0.15) is 26.2 Å². The minimum atomic E-state index is 0.317. The number of fused-ring (bicyclic) bond motifs is 3. The van der Waals surface area contributed by atoms with E-state index < -0.39 is 0 Å². The Labute approximate surface area is 184 Å². The first-order chi connectivity index (χ1) is 14.5. The lowest BCUT2D eigenvalue weighted by Gasteiger charge is -2.40. The van der Waals surface area contributed by atoms with Gasteiger partial charge in [-0.2, -0.15) is 0 Å². The molecule has 3 N–H and O–H groups in total. The Morgan fingerprint density at radius 1 is 1.17 bits per heavy atom. The Balaban J connectivity index is 1.42. The monoisotopic (exact) mass is 441 g/mol. The molecule has 4 atom stereocenters. The predicted molar refractivity (Wildman–Crippen MR) is 121 cm³/mol. The summed E-state index contributed by atoms with van der Waals surface area (Å²) in [6.45, 7) is 2.35. The highest BCUT2D eigenvalue weighted by atomic mass is 35.5. The van der Waals surface area contributed by atoms with Crippen LogP contribution >= 0.6 is 23.4 Å². The molecule has 0 saturated carbocycles. The van der Waals surface area contributed by atoms with Gasteiger partial charge in [-0.3, -0.25) is 0 Å². The van der Waals surface area contributed by atoms with E-state index in [1.807, 2.05) is 24.4 Å². The number of pyridine rings is 2. The number of nitrogens with two attached hydrogens (primary N) is 1. The van der Waals surface area contributed by atoms with E-state index in [9.17, 15) is 0 Å². The van der Waals surface area contributed by atoms with E-state index in [1.165, 1.54) is 18.2 Å². The van der Waals surface area contributed by atoms with Gasteiger partial charge in [0.1, 0.15) is 22.2 Å². The highest BCUT2D eigenvalue weighted by Crippen LogP contribution is 2.42. The molecule has 9 heteroatoms. The molecule has 0 amide bonds. The van der Waals surface area contributed by atoms with Crippen molar-refractivity contribution in [2.24, 2.45) is 5.92 Å². The van der Waals surface area contributed by atoms with Crippen LogP contribution in [0.2, 0.25) is 5.02 Å². The first-order valence-corrected chi connectivity index (χ1v) is 11.4. The molecule has 5 rings (SSSR count). The molecule has 2 aliphatic heterocycles. The second kappa shape index (κ2) is 7.83. The smallest absolute Gasteiger partial charge is 0.179 e. The summed E-state index contributed by atoms with van der Waals surface area (Å²) >= 11 is 7.70. The summed E-state index contributed by atoms with van der Waals surface area (Å²) in [4.78, 5) is 21.5. The van der Waals surface area contributed by atoms with E-state index in [2.05, 4.69) is 39.1 Å². The van der Waals surface area contributed by atoms with Gasteiger partial charge in [0.25, 0.3) is 0 Å². The molecule has 1 unspecified atom stereocenters. The van der Waals surface area contributed by atoms with E-state index in [1.54, 1.807) is 6.20 Å². The molecule has 5 heterocycles. The van der Waals surface area contributed by atoms with Crippen molar-refractivity contribution in [3.05, 3.63) is 35.6 Å². The molecule has 0 spiro atoms. The maximum atomic E-state index is 6.26. The van der Waals surface area contributed by atoms with Crippen molar-refractivity contribution in [1.82, 2.24) is 25.3 Å². The lowest BCUT2D eigenvalue weighted by Crippen LogP contribution is -2.49. The molecule has 3 aromatic heterocycles. The fourth-order valence-electron chi connectivity index (χ4n) is 4.80. The van der Waals surface area contributed by atoms with E-state index in [4.69, 9.17) is 22.3 Å². The molecule has 2 fully saturated rings. The molecule has 30 heavy (non-hydrogen) atoms. The number of rotatable bonds is 4. The molecule has 7 nitrogen and oxygen atoms in total. The summed E-state index contributed by atoms with van der Waals surface area (Å²) in [6, 6.07) is 7.37. The third-order valence-corrected chi connectivity index (χ3v) is 7.77. The van der Waals surface area contributed by atoms with Crippen LogP contribution in [0.5, 0.6) is 0 Å². The zero-order valence-electron chi connectivity index (χ0n) is 16.9. The first-order valence-electron chi connectivity index (χ1n) is 10.2. The number of nitrogens with one attached hydrogen (secondary N) is 1. The highest BCUT2D eigenvalue weighted by molar-refractivity contribution is 7.99. The Morgan fingerprint density at radius 2 is 2.03 bits per heavy atom. The number of hydrogen-bond acceptors (Lipinski definition) is 8. The second-order valence-electron chi connectivity index (χ2n) is 8.13. The fraction of sp³-hybridized carbons (Fsp3) is 0.429. The summed E-state index contributed by atoms with van der Waals surface area (Å²) in [5.74, 6) is 1.95. The van der Waals surface area contributed by atoms with Crippen molar-refractivity contribution in [1.29, 1.82) is 0 Å². The molecule has 2 saturated heterocycles. The van der Waals surface area contributed by atoms with Crippen LogP contribution in [-0.2, 0) is 0 Å². The molecule has 2 bridgehead atoms. The lowest BCUT2D eigenvalue weighted by molar-refractivity contribution is 0.358. The van der Waals surface area contributed by atoms with Crippen LogP contribution in [0, 0.1) is 5.92 Å². The van der Waals surface area contributed by atoms with Gasteiger partial charge in [-0.25, -0.2) is 19.9 Å². The normalized spacial score (nSPS) is 25.8. The van der Waals surface area contributed by atoms with Gasteiger partial charge in [0.15, 0.2) is 5.65 Å². The Hall–Kier alpha value is -2.16. The van der Waals surface area contributed by atoms with Crippen molar-refractivity contribution < 1.29 is 0 Å². The van der Waals surface area contributed by atoms with E-state index in [0.29, 0.717) is 40.5 Å². The van der Waals surface area contributed by atoms with Crippen LogP contribution in [0.15, 0.2) is 40.5 Å². The number of halogens is 1. The van der Waals surface area contributed by atoms with Crippen molar-refractivity contribution in [3.8, 4) is 0 Å². The van der Waals surface area contributed by atoms with Crippen molar-refractivity contribution >= 4 is 46.2 Å². The van der Waals surface area contributed by atoms with Gasteiger partial charge >= 0.3 is 0 Å². The van der Waals surface area contributed by atoms with Crippen molar-refractivity contribution in [2.75, 3.05) is 17.7 Å². The van der Waals surface area contributed by atoms with Gasteiger partial charge < -0.3 is 16.0 Å². The highest BCUT2D eigenvalue weighted by Gasteiger charge is 2.45. The third-order valence-electron chi connectivity index (χ3n) is 6.27. The summed E-state index contributed by atoms with van der Waals surface area (Å²) in [5, 5.41) is 4.70. The summed E-state index contributed by atoms with van der Waals surface area (Å²) < 4.78 is 0. The van der Waals surface area contributed by atoms with E-state index >= 15 is 0 Å². The van der Waals surface area contributed by atoms with Gasteiger partial charge in [-0.05, 0) is 50.4 Å². The number of anilines is 2. The standard InChI is InChI=1S/C21H24ClN7S/c1-11-7-13-8-12(24-2)9-15(11)29(13)17-10-26-21-14(27-17)3-4-18(28-21)30-16-5-6-25-20(23)19(16)22/h3-6,10-13,15,24H,7-9H2,1-2H3,(H2,23,25)/t11-,12?,13-,15+/m0/s1. The molecule has 156 valence electrons. The van der Waals surface area contributed by atoms with Gasteiger partial charge in [0.05, 0.1) is 11.2 Å². The fourth-order valence-corrected chi connectivity index (χ4v) is 5.84. The van der Waals surface area contributed by atoms with Crippen LogP contribution in [0.25, 0.3) is 11.2 Å². The number of hydrogen-bond donors (Lipinski definition) is 2. The van der Waals surface area contributed by atoms with Gasteiger partial charge in [0.2, 0.25) is 0 Å². The molecule has 2 aliphatic rings. The molecular weight excluding hydrogens is 418 g/mol. The SMILES string of the molecule is CNC1C[C@@H]2C[C@H](C)[C@@H](C1)N2c1cnc2nc(Sc3ccnc(N)c3Cl)ccc2n1. The van der Waals surface area contributed by atoms with Crippen LogP contribution in [-0.4, -0.2) is 45.1 Å². The predicted octanol–water partition coefficient (Wildman–Crippen LogP) is 3.77. The third kappa shape index (κ3) is 3.46. The average Bonchev–Trinajstić information content (AvgIpc) is 2.95. The molecule has 0 aromatic carbocycles. The molecule has 0 radical (unpaired) electrons. The Morgan fingerprint density at radius 3 is 2.83 bits per heavy atom. The minimum absolute atomic E-state index is 0.317. The van der Waals surface area contributed by atoms with Gasteiger partial charge in [-0.1, -0.05) is 30.3 Å². The minimum Gasteiger partial charge on any atom is -0.382 e. The Bertz CT molecular complexity index is 1090. The first kappa shape index (κ1) is 19.8. The zero-order valence-corrected chi connectivity index (χ0v) is 18.5. The van der Waals surface area contributed by atoms with Gasteiger partial charge in [-0.15, -0.1) is 0 Å². The zero-order chi connectivity index (χ0) is 20.8. The van der Waals surface area contributed by atoms with Crippen molar-refractivity contribution in [2.45, 2.75) is 54.2 Å². The van der Waals surface area contributed by atoms with E-state index in [-0.39, 0.29) is 0 Å². The quantitative estimate of drug-likeness (QED) is 0.632. The average molecular weight is 442 g/mol.